The molecule has 4 nitrogen and oxygen atoms in total. The number of aromatic nitrogens is 1. The number of hydrogen-bond acceptors (Lipinski definition) is 4. The van der Waals surface area contributed by atoms with E-state index in [0.717, 1.165) is 11.3 Å². The molecule has 0 bridgehead atoms. The van der Waals surface area contributed by atoms with Crippen molar-refractivity contribution in [1.82, 2.24) is 5.16 Å². The lowest BCUT2D eigenvalue weighted by Gasteiger charge is -1.97. The van der Waals surface area contributed by atoms with Gasteiger partial charge in [0.25, 0.3) is 5.91 Å². The minimum Gasteiger partial charge on any atom is -0.350 e. The van der Waals surface area contributed by atoms with Crippen LogP contribution < -0.4 is 5.32 Å². The van der Waals surface area contributed by atoms with Crippen LogP contribution in [0.15, 0.2) is 57.7 Å². The smallest absolute Gasteiger partial charge is 0.294 e. The highest BCUT2D eigenvalue weighted by atomic mass is 32.1. The Kier molecular flexibility index (Phi) is 3.12. The Hall–Kier alpha value is -2.40. The quantitative estimate of drug-likeness (QED) is 0.790. The molecule has 5 heteroatoms. The molecule has 19 heavy (non-hydrogen) atoms. The zero-order chi connectivity index (χ0) is 13.1. The first-order chi connectivity index (χ1) is 9.33. The van der Waals surface area contributed by atoms with Crippen LogP contribution in [0.3, 0.4) is 0 Å². The van der Waals surface area contributed by atoms with Crippen LogP contribution >= 0.6 is 11.3 Å². The molecule has 0 spiro atoms. The van der Waals surface area contributed by atoms with Crippen LogP contribution in [0.5, 0.6) is 0 Å². The van der Waals surface area contributed by atoms with E-state index in [1.54, 1.807) is 6.07 Å². The van der Waals surface area contributed by atoms with E-state index in [2.05, 4.69) is 10.5 Å². The standard InChI is InChI=1S/C14H10N2O2S/c17-14(15-11-6-7-19-9-11)13-8-12(16-18-13)10-4-2-1-3-5-10/h1-9H,(H,15,17). The number of hydrogen-bond donors (Lipinski definition) is 1. The third-order valence-corrected chi connectivity index (χ3v) is 3.27. The van der Waals surface area contributed by atoms with Crippen molar-refractivity contribution in [3.63, 3.8) is 0 Å². The maximum Gasteiger partial charge on any atom is 0.294 e. The van der Waals surface area contributed by atoms with Crippen molar-refractivity contribution in [2.24, 2.45) is 0 Å². The summed E-state index contributed by atoms with van der Waals surface area (Å²) < 4.78 is 5.07. The second-order valence-electron chi connectivity index (χ2n) is 3.91. The fourth-order valence-electron chi connectivity index (χ4n) is 1.66. The predicted molar refractivity (Wildman–Crippen MR) is 74.2 cm³/mol. The summed E-state index contributed by atoms with van der Waals surface area (Å²) in [4.78, 5) is 11.9. The van der Waals surface area contributed by atoms with E-state index >= 15 is 0 Å². The molecule has 0 radical (unpaired) electrons. The van der Waals surface area contributed by atoms with E-state index in [4.69, 9.17) is 4.52 Å². The summed E-state index contributed by atoms with van der Waals surface area (Å²) in [5, 5.41) is 10.4. The molecule has 0 saturated heterocycles. The number of rotatable bonds is 3. The van der Waals surface area contributed by atoms with Gasteiger partial charge in [0, 0.05) is 17.0 Å². The SMILES string of the molecule is O=C(Nc1ccsc1)c1cc(-c2ccccc2)no1. The van der Waals surface area contributed by atoms with E-state index in [9.17, 15) is 4.79 Å². The molecule has 0 unspecified atom stereocenters. The molecule has 94 valence electrons. The average molecular weight is 270 g/mol. The van der Waals surface area contributed by atoms with Gasteiger partial charge in [0.2, 0.25) is 5.76 Å². The van der Waals surface area contributed by atoms with Gasteiger partial charge in [-0.25, -0.2) is 0 Å². The second kappa shape index (κ2) is 5.07. The summed E-state index contributed by atoms with van der Waals surface area (Å²) in [5.74, 6) is -0.0989. The van der Waals surface area contributed by atoms with Gasteiger partial charge in [-0.3, -0.25) is 4.79 Å². The average Bonchev–Trinajstić information content (AvgIpc) is 3.10. The number of carbonyl (C=O) groups is 1. The van der Waals surface area contributed by atoms with Gasteiger partial charge in [0.1, 0.15) is 5.69 Å². The minimum absolute atomic E-state index is 0.199. The number of nitrogens with zero attached hydrogens (tertiary/aromatic N) is 1. The van der Waals surface area contributed by atoms with Crippen LogP contribution in [-0.2, 0) is 0 Å². The van der Waals surface area contributed by atoms with Gasteiger partial charge in [-0.15, -0.1) is 0 Å². The van der Waals surface area contributed by atoms with Crippen LogP contribution in [0.25, 0.3) is 11.3 Å². The van der Waals surface area contributed by atoms with E-state index in [1.807, 2.05) is 47.2 Å². The van der Waals surface area contributed by atoms with Gasteiger partial charge in [-0.1, -0.05) is 35.5 Å². The molecule has 1 aromatic carbocycles. The van der Waals surface area contributed by atoms with Gasteiger partial charge < -0.3 is 9.84 Å². The molecular formula is C14H10N2O2S. The monoisotopic (exact) mass is 270 g/mol. The van der Waals surface area contributed by atoms with Crippen molar-refractivity contribution in [3.8, 4) is 11.3 Å². The molecule has 0 saturated carbocycles. The van der Waals surface area contributed by atoms with Gasteiger partial charge in [-0.05, 0) is 11.4 Å². The van der Waals surface area contributed by atoms with Crippen LogP contribution in [0.2, 0.25) is 0 Å². The van der Waals surface area contributed by atoms with Gasteiger partial charge in [-0.2, -0.15) is 11.3 Å². The summed E-state index contributed by atoms with van der Waals surface area (Å²) in [6.07, 6.45) is 0. The Bertz CT molecular complexity index is 675. The Balaban J connectivity index is 1.80. The number of thiophene rings is 1. The van der Waals surface area contributed by atoms with E-state index < -0.39 is 0 Å². The molecule has 1 N–H and O–H groups in total. The lowest BCUT2D eigenvalue weighted by atomic mass is 10.1. The fourth-order valence-corrected chi connectivity index (χ4v) is 2.24. The first-order valence-electron chi connectivity index (χ1n) is 5.68. The van der Waals surface area contributed by atoms with Crippen molar-refractivity contribution in [2.45, 2.75) is 0 Å². The molecule has 0 aliphatic carbocycles. The summed E-state index contributed by atoms with van der Waals surface area (Å²) in [5.41, 5.74) is 2.32. The Morgan fingerprint density at radius 1 is 1.21 bits per heavy atom. The highest BCUT2D eigenvalue weighted by molar-refractivity contribution is 7.08. The normalized spacial score (nSPS) is 10.3. The van der Waals surface area contributed by atoms with E-state index in [1.165, 1.54) is 11.3 Å². The van der Waals surface area contributed by atoms with Gasteiger partial charge >= 0.3 is 0 Å². The molecule has 0 fully saturated rings. The van der Waals surface area contributed by atoms with Crippen molar-refractivity contribution in [3.05, 3.63) is 59.0 Å². The number of anilines is 1. The van der Waals surface area contributed by atoms with Crippen molar-refractivity contribution in [2.75, 3.05) is 5.32 Å². The number of nitrogens with one attached hydrogen (secondary N) is 1. The fraction of sp³-hybridized carbons (Fsp3) is 0. The van der Waals surface area contributed by atoms with Crippen LogP contribution in [0, 0.1) is 0 Å². The molecule has 2 aromatic heterocycles. The highest BCUT2D eigenvalue weighted by Gasteiger charge is 2.14. The second-order valence-corrected chi connectivity index (χ2v) is 4.69. The largest absolute Gasteiger partial charge is 0.350 e. The van der Waals surface area contributed by atoms with Crippen LogP contribution in [-0.4, -0.2) is 11.1 Å². The summed E-state index contributed by atoms with van der Waals surface area (Å²) in [7, 11) is 0. The van der Waals surface area contributed by atoms with Crippen LogP contribution in [0.1, 0.15) is 10.6 Å². The predicted octanol–water partition coefficient (Wildman–Crippen LogP) is 3.66. The third-order valence-electron chi connectivity index (χ3n) is 2.58. The molecule has 1 amide bonds. The summed E-state index contributed by atoms with van der Waals surface area (Å²) in [6, 6.07) is 13.0. The number of benzene rings is 1. The molecule has 2 heterocycles. The molecule has 3 aromatic rings. The van der Waals surface area contributed by atoms with Crippen LogP contribution in [0.4, 0.5) is 5.69 Å². The molecule has 0 atom stereocenters. The lowest BCUT2D eigenvalue weighted by Crippen LogP contribution is -2.09. The zero-order valence-corrected chi connectivity index (χ0v) is 10.7. The van der Waals surface area contributed by atoms with E-state index in [0.29, 0.717) is 5.69 Å². The van der Waals surface area contributed by atoms with Gasteiger partial charge in [0.15, 0.2) is 0 Å². The molecular weight excluding hydrogens is 260 g/mol. The maximum atomic E-state index is 11.9. The number of amides is 1. The van der Waals surface area contributed by atoms with Crippen molar-refractivity contribution >= 4 is 22.9 Å². The Morgan fingerprint density at radius 2 is 2.05 bits per heavy atom. The highest BCUT2D eigenvalue weighted by Crippen LogP contribution is 2.19. The van der Waals surface area contributed by atoms with Crippen molar-refractivity contribution in [1.29, 1.82) is 0 Å². The summed E-state index contributed by atoms with van der Waals surface area (Å²) >= 11 is 1.52. The van der Waals surface area contributed by atoms with E-state index in [-0.39, 0.29) is 11.7 Å². The first-order valence-corrected chi connectivity index (χ1v) is 6.63. The molecule has 0 aliphatic rings. The zero-order valence-electron chi connectivity index (χ0n) is 9.87. The van der Waals surface area contributed by atoms with Crippen molar-refractivity contribution < 1.29 is 9.32 Å². The number of carbonyl (C=O) groups excluding carboxylic acids is 1. The molecule has 3 rings (SSSR count). The Labute approximate surface area is 113 Å². The topological polar surface area (TPSA) is 55.1 Å². The first kappa shape index (κ1) is 11.7. The maximum absolute atomic E-state index is 11.9. The third kappa shape index (κ3) is 2.56. The Morgan fingerprint density at radius 3 is 2.79 bits per heavy atom. The lowest BCUT2D eigenvalue weighted by molar-refractivity contribution is 0.0988. The minimum atomic E-state index is -0.298. The molecule has 0 aliphatic heterocycles. The summed E-state index contributed by atoms with van der Waals surface area (Å²) in [6.45, 7) is 0. The van der Waals surface area contributed by atoms with Gasteiger partial charge in [0.05, 0.1) is 5.69 Å².